The maximum absolute atomic E-state index is 3.53. The second-order valence-corrected chi connectivity index (χ2v) is 5.89. The maximum Gasteiger partial charge on any atom is 0.0482 e. The number of fused-ring (bicyclic) bond motifs is 3. The molecule has 1 aromatic heterocycles. The Bertz CT molecular complexity index is 611. The summed E-state index contributed by atoms with van der Waals surface area (Å²) in [4.78, 5) is 0. The summed E-state index contributed by atoms with van der Waals surface area (Å²) in [6, 6.07) is 9.59. The fourth-order valence-corrected chi connectivity index (χ4v) is 4.40. The minimum absolute atomic E-state index is 0.680. The smallest absolute Gasteiger partial charge is 0.0482 e. The zero-order valence-electron chi connectivity index (χ0n) is 11.1. The van der Waals surface area contributed by atoms with Gasteiger partial charge in [0.1, 0.15) is 0 Å². The Labute approximate surface area is 108 Å². The van der Waals surface area contributed by atoms with Crippen LogP contribution < -0.4 is 5.32 Å². The van der Waals surface area contributed by atoms with E-state index in [0.29, 0.717) is 12.0 Å². The van der Waals surface area contributed by atoms with Crippen LogP contribution in [0.5, 0.6) is 0 Å². The zero-order chi connectivity index (χ0) is 12.3. The van der Waals surface area contributed by atoms with Gasteiger partial charge in [-0.25, -0.2) is 0 Å². The minimum atomic E-state index is 0.680. The van der Waals surface area contributed by atoms with Crippen LogP contribution in [-0.4, -0.2) is 17.7 Å². The normalized spacial score (nSPS) is 29.8. The molecule has 94 valence electrons. The standard InChI is InChI=1S/C16H20N2/c1-17-13-9-10-7-8-11(13)16-15(10)12-5-3-4-6-14(12)18(16)2/h3-6,10-11,13,17H,7-9H2,1-2H3. The number of likely N-dealkylation sites (N-methyl/N-ethyl adjacent to an activating group) is 1. The molecule has 0 amide bonds. The number of nitrogens with one attached hydrogen (secondary N) is 1. The number of rotatable bonds is 1. The summed E-state index contributed by atoms with van der Waals surface area (Å²) in [5.41, 5.74) is 4.69. The Morgan fingerprint density at radius 3 is 2.89 bits per heavy atom. The number of benzene rings is 1. The third-order valence-electron chi connectivity index (χ3n) is 5.17. The second kappa shape index (κ2) is 3.61. The highest BCUT2D eigenvalue weighted by atomic mass is 15.0. The SMILES string of the molecule is CNC1CC2CCC1c1c2c2ccccc2n1C. The fraction of sp³-hybridized carbons (Fsp3) is 0.500. The van der Waals surface area contributed by atoms with Crippen LogP contribution in [0.2, 0.25) is 0 Å². The van der Waals surface area contributed by atoms with Gasteiger partial charge in [-0.3, -0.25) is 0 Å². The van der Waals surface area contributed by atoms with E-state index in [-0.39, 0.29) is 0 Å². The molecule has 0 spiro atoms. The molecule has 1 N–H and O–H groups in total. The van der Waals surface area contributed by atoms with Crippen LogP contribution in [0.1, 0.15) is 42.4 Å². The first-order chi connectivity index (χ1) is 8.81. The van der Waals surface area contributed by atoms with Crippen molar-refractivity contribution in [1.29, 1.82) is 0 Å². The van der Waals surface area contributed by atoms with Crippen molar-refractivity contribution in [3.63, 3.8) is 0 Å². The first kappa shape index (κ1) is 10.6. The molecule has 1 aromatic carbocycles. The number of aryl methyl sites for hydroxylation is 1. The molecular weight excluding hydrogens is 220 g/mol. The molecule has 2 heteroatoms. The highest BCUT2D eigenvalue weighted by Crippen LogP contribution is 2.52. The topological polar surface area (TPSA) is 17.0 Å². The van der Waals surface area contributed by atoms with Crippen molar-refractivity contribution in [3.8, 4) is 0 Å². The van der Waals surface area contributed by atoms with Gasteiger partial charge >= 0.3 is 0 Å². The van der Waals surface area contributed by atoms with Crippen LogP contribution in [-0.2, 0) is 7.05 Å². The van der Waals surface area contributed by atoms with Gasteiger partial charge in [-0.1, -0.05) is 18.2 Å². The Morgan fingerprint density at radius 2 is 2.06 bits per heavy atom. The van der Waals surface area contributed by atoms with E-state index in [1.165, 1.54) is 30.2 Å². The van der Waals surface area contributed by atoms with Gasteiger partial charge < -0.3 is 9.88 Å². The summed E-state index contributed by atoms with van der Waals surface area (Å²) >= 11 is 0. The largest absolute Gasteiger partial charge is 0.347 e. The molecule has 1 heterocycles. The molecule has 3 atom stereocenters. The summed E-state index contributed by atoms with van der Waals surface area (Å²) in [5, 5.41) is 5.03. The molecular formula is C16H20N2. The Hall–Kier alpha value is -1.28. The average molecular weight is 240 g/mol. The van der Waals surface area contributed by atoms with Gasteiger partial charge in [-0.15, -0.1) is 0 Å². The molecule has 3 unspecified atom stereocenters. The third kappa shape index (κ3) is 1.17. The van der Waals surface area contributed by atoms with Crippen LogP contribution in [0.4, 0.5) is 0 Å². The van der Waals surface area contributed by atoms with Crippen LogP contribution >= 0.6 is 0 Å². The van der Waals surface area contributed by atoms with Gasteiger partial charge in [0.05, 0.1) is 0 Å². The molecule has 1 saturated carbocycles. The van der Waals surface area contributed by atoms with Gasteiger partial charge in [-0.2, -0.15) is 0 Å². The lowest BCUT2D eigenvalue weighted by Gasteiger charge is -2.43. The molecule has 0 radical (unpaired) electrons. The first-order valence-electron chi connectivity index (χ1n) is 7.05. The van der Waals surface area contributed by atoms with E-state index in [1.54, 1.807) is 11.3 Å². The number of hydrogen-bond acceptors (Lipinski definition) is 1. The van der Waals surface area contributed by atoms with Gasteiger partial charge in [0.2, 0.25) is 0 Å². The molecule has 3 aliphatic rings. The molecule has 2 nitrogen and oxygen atoms in total. The number of para-hydroxylation sites is 1. The molecule has 5 rings (SSSR count). The fourth-order valence-electron chi connectivity index (χ4n) is 4.40. The van der Waals surface area contributed by atoms with Gasteiger partial charge in [-0.05, 0) is 43.9 Å². The maximum atomic E-state index is 3.53. The Kier molecular flexibility index (Phi) is 2.13. The molecule has 2 bridgehead atoms. The quantitative estimate of drug-likeness (QED) is 0.810. The minimum Gasteiger partial charge on any atom is -0.347 e. The van der Waals surface area contributed by atoms with Gasteiger partial charge in [0, 0.05) is 35.6 Å². The summed E-state index contributed by atoms with van der Waals surface area (Å²) in [6.45, 7) is 0. The van der Waals surface area contributed by atoms with E-state index in [1.807, 2.05) is 0 Å². The molecule has 18 heavy (non-hydrogen) atoms. The highest BCUT2D eigenvalue weighted by Gasteiger charge is 2.42. The predicted octanol–water partition coefficient (Wildman–Crippen LogP) is 3.13. The van der Waals surface area contributed by atoms with Crippen molar-refractivity contribution in [2.24, 2.45) is 7.05 Å². The first-order valence-corrected chi connectivity index (χ1v) is 7.05. The summed E-state index contributed by atoms with van der Waals surface area (Å²) in [6.07, 6.45) is 4.05. The number of aromatic nitrogens is 1. The van der Waals surface area contributed by atoms with Crippen LogP contribution in [0, 0.1) is 0 Å². The van der Waals surface area contributed by atoms with E-state index < -0.39 is 0 Å². The van der Waals surface area contributed by atoms with Crippen LogP contribution in [0.15, 0.2) is 24.3 Å². The van der Waals surface area contributed by atoms with Crippen LogP contribution in [0.25, 0.3) is 10.9 Å². The molecule has 1 fully saturated rings. The molecule has 0 saturated heterocycles. The average Bonchev–Trinajstić information content (AvgIpc) is 2.76. The van der Waals surface area contributed by atoms with Crippen molar-refractivity contribution < 1.29 is 0 Å². The van der Waals surface area contributed by atoms with Gasteiger partial charge in [0.25, 0.3) is 0 Å². The summed E-state index contributed by atoms with van der Waals surface area (Å²) < 4.78 is 2.45. The van der Waals surface area contributed by atoms with Crippen molar-refractivity contribution in [3.05, 3.63) is 35.5 Å². The van der Waals surface area contributed by atoms with E-state index in [9.17, 15) is 0 Å². The number of hydrogen-bond donors (Lipinski definition) is 1. The van der Waals surface area contributed by atoms with E-state index in [0.717, 1.165) is 5.92 Å². The third-order valence-corrected chi connectivity index (χ3v) is 5.17. The van der Waals surface area contributed by atoms with Crippen molar-refractivity contribution in [2.45, 2.75) is 37.1 Å². The summed E-state index contributed by atoms with van der Waals surface area (Å²) in [7, 11) is 4.36. The van der Waals surface area contributed by atoms with Crippen molar-refractivity contribution >= 4 is 10.9 Å². The van der Waals surface area contributed by atoms with E-state index >= 15 is 0 Å². The lowest BCUT2D eigenvalue weighted by molar-refractivity contribution is 0.275. The zero-order valence-corrected chi connectivity index (χ0v) is 11.1. The van der Waals surface area contributed by atoms with Gasteiger partial charge in [0.15, 0.2) is 0 Å². The lowest BCUT2D eigenvalue weighted by Crippen LogP contribution is -2.42. The lowest BCUT2D eigenvalue weighted by atomic mass is 9.66. The molecule has 2 aromatic rings. The molecule has 0 aliphatic heterocycles. The van der Waals surface area contributed by atoms with Crippen molar-refractivity contribution in [1.82, 2.24) is 9.88 Å². The monoisotopic (exact) mass is 240 g/mol. The number of nitrogens with zero attached hydrogens (tertiary/aromatic N) is 1. The van der Waals surface area contributed by atoms with E-state index in [4.69, 9.17) is 0 Å². The molecule has 3 aliphatic carbocycles. The van der Waals surface area contributed by atoms with Crippen molar-refractivity contribution in [2.75, 3.05) is 7.05 Å². The Morgan fingerprint density at radius 1 is 1.22 bits per heavy atom. The second-order valence-electron chi connectivity index (χ2n) is 5.89. The summed E-state index contributed by atoms with van der Waals surface area (Å²) in [5.74, 6) is 1.49. The Balaban J connectivity index is 2.04. The van der Waals surface area contributed by atoms with Crippen LogP contribution in [0.3, 0.4) is 0 Å². The predicted molar refractivity (Wildman–Crippen MR) is 75.1 cm³/mol. The highest BCUT2D eigenvalue weighted by molar-refractivity contribution is 5.87. The van der Waals surface area contributed by atoms with E-state index in [2.05, 4.69) is 48.2 Å².